The monoisotopic (exact) mass is 572 g/mol. The Balaban J connectivity index is 1.31. The number of rotatable bonds is 4. The van der Waals surface area contributed by atoms with Crippen LogP contribution in [0.2, 0.25) is 0 Å². The molecule has 0 bridgehead atoms. The topological polar surface area (TPSA) is 17.8 Å². The summed E-state index contributed by atoms with van der Waals surface area (Å²) in [6, 6.07) is 61.0. The van der Waals surface area contributed by atoms with Gasteiger partial charge in [-0.15, -0.1) is 0 Å². The van der Waals surface area contributed by atoms with Crippen molar-refractivity contribution in [3.63, 3.8) is 0 Å². The standard InChI is InChI=1S/C43H28N2/c1-3-13-29(14-4-1)41-35-19-9-10-20-36(35)42(38-28-33-18-8-7-17-32(33)27-37(38)41)30-23-25-34(26-24-30)45-40-22-12-11-21-39(40)44-43(45)31-15-5-2-6-16-31/h1-28H. The van der Waals surface area contributed by atoms with Crippen molar-refractivity contribution in [2.24, 2.45) is 0 Å². The van der Waals surface area contributed by atoms with Crippen LogP contribution in [0, 0.1) is 0 Å². The van der Waals surface area contributed by atoms with E-state index in [1.165, 1.54) is 54.6 Å². The van der Waals surface area contributed by atoms with Gasteiger partial charge in [-0.05, 0) is 91.0 Å². The molecule has 9 rings (SSSR count). The lowest BCUT2D eigenvalue weighted by Crippen LogP contribution is -1.98. The van der Waals surface area contributed by atoms with Gasteiger partial charge in [0.1, 0.15) is 5.82 Å². The van der Waals surface area contributed by atoms with Crippen molar-refractivity contribution in [1.82, 2.24) is 9.55 Å². The average Bonchev–Trinajstić information content (AvgIpc) is 3.50. The molecule has 210 valence electrons. The molecule has 0 aliphatic heterocycles. The molecule has 2 nitrogen and oxygen atoms in total. The minimum atomic E-state index is 0.944. The number of fused-ring (bicyclic) bond motifs is 4. The quantitative estimate of drug-likeness (QED) is 0.192. The van der Waals surface area contributed by atoms with Crippen LogP contribution < -0.4 is 0 Å². The Morgan fingerprint density at radius 2 is 0.867 bits per heavy atom. The molecule has 1 heterocycles. The molecule has 0 spiro atoms. The summed E-state index contributed by atoms with van der Waals surface area (Å²) in [6.07, 6.45) is 0. The summed E-state index contributed by atoms with van der Waals surface area (Å²) < 4.78 is 2.27. The molecule has 0 fully saturated rings. The van der Waals surface area contributed by atoms with E-state index >= 15 is 0 Å². The van der Waals surface area contributed by atoms with Gasteiger partial charge < -0.3 is 0 Å². The molecular weight excluding hydrogens is 544 g/mol. The first-order valence-electron chi connectivity index (χ1n) is 15.4. The van der Waals surface area contributed by atoms with E-state index in [0.29, 0.717) is 0 Å². The van der Waals surface area contributed by atoms with Gasteiger partial charge in [0.15, 0.2) is 0 Å². The third-order valence-electron chi connectivity index (χ3n) is 8.96. The van der Waals surface area contributed by atoms with Crippen molar-refractivity contribution in [2.45, 2.75) is 0 Å². The molecule has 0 saturated carbocycles. The van der Waals surface area contributed by atoms with Crippen molar-refractivity contribution in [3.05, 3.63) is 170 Å². The van der Waals surface area contributed by atoms with Crippen molar-refractivity contribution < 1.29 is 0 Å². The summed E-state index contributed by atoms with van der Waals surface area (Å²) in [4.78, 5) is 5.05. The molecule has 0 amide bonds. The Bertz CT molecular complexity index is 2510. The van der Waals surface area contributed by atoms with Gasteiger partial charge in [0.05, 0.1) is 11.0 Å². The Kier molecular flexibility index (Phi) is 5.85. The van der Waals surface area contributed by atoms with Crippen molar-refractivity contribution in [1.29, 1.82) is 0 Å². The van der Waals surface area contributed by atoms with Gasteiger partial charge in [0.2, 0.25) is 0 Å². The van der Waals surface area contributed by atoms with Crippen LogP contribution >= 0.6 is 0 Å². The molecular formula is C43H28N2. The SMILES string of the molecule is c1ccc(-c2c3ccccc3c(-c3ccc(-n4c(-c5ccccc5)nc5ccccc54)cc3)c3cc4ccccc4cc23)cc1. The lowest BCUT2D eigenvalue weighted by Gasteiger charge is -2.19. The molecule has 8 aromatic carbocycles. The maximum Gasteiger partial charge on any atom is 0.145 e. The van der Waals surface area contributed by atoms with Crippen LogP contribution in [0.15, 0.2) is 170 Å². The van der Waals surface area contributed by atoms with E-state index in [-0.39, 0.29) is 0 Å². The van der Waals surface area contributed by atoms with Crippen LogP contribution in [0.3, 0.4) is 0 Å². The van der Waals surface area contributed by atoms with Crippen LogP contribution in [0.1, 0.15) is 0 Å². The van der Waals surface area contributed by atoms with Gasteiger partial charge in [-0.1, -0.05) is 133 Å². The second kappa shape index (κ2) is 10.3. The van der Waals surface area contributed by atoms with Gasteiger partial charge >= 0.3 is 0 Å². The van der Waals surface area contributed by atoms with Crippen molar-refractivity contribution >= 4 is 43.4 Å². The molecule has 0 N–H and O–H groups in total. The zero-order valence-corrected chi connectivity index (χ0v) is 24.6. The molecule has 0 aliphatic rings. The van der Waals surface area contributed by atoms with E-state index in [1.807, 2.05) is 6.07 Å². The number of benzene rings is 8. The average molecular weight is 573 g/mol. The molecule has 45 heavy (non-hydrogen) atoms. The summed E-state index contributed by atoms with van der Waals surface area (Å²) in [6.45, 7) is 0. The van der Waals surface area contributed by atoms with Crippen molar-refractivity contribution in [2.75, 3.05) is 0 Å². The van der Waals surface area contributed by atoms with E-state index < -0.39 is 0 Å². The normalized spacial score (nSPS) is 11.6. The summed E-state index contributed by atoms with van der Waals surface area (Å²) in [5, 5.41) is 7.54. The Morgan fingerprint density at radius 3 is 1.49 bits per heavy atom. The summed E-state index contributed by atoms with van der Waals surface area (Å²) >= 11 is 0. The smallest absolute Gasteiger partial charge is 0.145 e. The Morgan fingerprint density at radius 1 is 0.378 bits per heavy atom. The first-order chi connectivity index (χ1) is 22.3. The maximum absolute atomic E-state index is 5.05. The van der Waals surface area contributed by atoms with E-state index in [2.05, 4.69) is 168 Å². The summed E-state index contributed by atoms with van der Waals surface area (Å²) in [5.41, 5.74) is 9.24. The minimum absolute atomic E-state index is 0.944. The fourth-order valence-electron chi connectivity index (χ4n) is 6.94. The summed E-state index contributed by atoms with van der Waals surface area (Å²) in [5.74, 6) is 0.944. The van der Waals surface area contributed by atoms with Crippen LogP contribution in [-0.4, -0.2) is 9.55 Å². The molecule has 1 aromatic heterocycles. The lowest BCUT2D eigenvalue weighted by atomic mass is 9.85. The molecule has 0 atom stereocenters. The Labute approximate surface area is 261 Å². The highest BCUT2D eigenvalue weighted by atomic mass is 15.1. The zero-order valence-electron chi connectivity index (χ0n) is 24.6. The lowest BCUT2D eigenvalue weighted by molar-refractivity contribution is 1.10. The molecule has 0 unspecified atom stereocenters. The number of hydrogen-bond donors (Lipinski definition) is 0. The van der Waals surface area contributed by atoms with Crippen LogP contribution in [0.5, 0.6) is 0 Å². The van der Waals surface area contributed by atoms with Gasteiger partial charge in [-0.25, -0.2) is 4.98 Å². The fourth-order valence-corrected chi connectivity index (χ4v) is 6.94. The largest absolute Gasteiger partial charge is 0.292 e. The Hall–Kier alpha value is -5.99. The minimum Gasteiger partial charge on any atom is -0.292 e. The highest BCUT2D eigenvalue weighted by molar-refractivity contribution is 6.23. The second-order valence-electron chi connectivity index (χ2n) is 11.6. The van der Waals surface area contributed by atoms with Gasteiger partial charge in [0, 0.05) is 11.3 Å². The molecule has 2 heteroatoms. The molecule has 9 aromatic rings. The van der Waals surface area contributed by atoms with E-state index in [9.17, 15) is 0 Å². The van der Waals surface area contributed by atoms with Crippen molar-refractivity contribution in [3.8, 4) is 39.3 Å². The number of hydrogen-bond acceptors (Lipinski definition) is 1. The van der Waals surface area contributed by atoms with E-state index in [0.717, 1.165) is 28.1 Å². The fraction of sp³-hybridized carbons (Fsp3) is 0. The van der Waals surface area contributed by atoms with Crippen LogP contribution in [0.4, 0.5) is 0 Å². The third kappa shape index (κ3) is 4.15. The van der Waals surface area contributed by atoms with Gasteiger partial charge in [0.25, 0.3) is 0 Å². The van der Waals surface area contributed by atoms with Gasteiger partial charge in [-0.3, -0.25) is 4.57 Å². The van der Waals surface area contributed by atoms with Gasteiger partial charge in [-0.2, -0.15) is 0 Å². The third-order valence-corrected chi connectivity index (χ3v) is 8.96. The first-order valence-corrected chi connectivity index (χ1v) is 15.4. The number of nitrogens with zero attached hydrogens (tertiary/aromatic N) is 2. The molecule has 0 saturated heterocycles. The highest BCUT2D eigenvalue weighted by Gasteiger charge is 2.19. The number of aromatic nitrogens is 2. The number of imidazole rings is 1. The maximum atomic E-state index is 5.05. The molecule has 0 aliphatic carbocycles. The predicted octanol–water partition coefficient (Wildman–Crippen LogP) is 11.5. The van der Waals surface area contributed by atoms with E-state index in [1.54, 1.807) is 0 Å². The number of para-hydroxylation sites is 2. The van der Waals surface area contributed by atoms with E-state index in [4.69, 9.17) is 4.98 Å². The van der Waals surface area contributed by atoms with Crippen LogP contribution in [-0.2, 0) is 0 Å². The second-order valence-corrected chi connectivity index (χ2v) is 11.6. The zero-order chi connectivity index (χ0) is 29.7. The first kappa shape index (κ1) is 25.5. The predicted molar refractivity (Wildman–Crippen MR) is 190 cm³/mol. The molecule has 0 radical (unpaired) electrons. The highest BCUT2D eigenvalue weighted by Crippen LogP contribution is 2.45. The van der Waals surface area contributed by atoms with Crippen LogP contribution in [0.25, 0.3) is 82.7 Å². The summed E-state index contributed by atoms with van der Waals surface area (Å²) in [7, 11) is 0.